The van der Waals surface area contributed by atoms with Crippen molar-refractivity contribution in [3.63, 3.8) is 0 Å². The molecule has 1 aromatic heterocycles. The van der Waals surface area contributed by atoms with Crippen LogP contribution in [0, 0.1) is 5.82 Å². The van der Waals surface area contributed by atoms with Crippen LogP contribution in [-0.2, 0) is 14.8 Å². The van der Waals surface area contributed by atoms with Crippen molar-refractivity contribution in [3.05, 3.63) is 54.5 Å². The van der Waals surface area contributed by atoms with E-state index in [2.05, 4.69) is 20.6 Å². The molecule has 3 aromatic rings. The zero-order valence-corrected chi connectivity index (χ0v) is 17.7. The average Bonchev–Trinajstić information content (AvgIpc) is 2.75. The standard InChI is InChI=1S/C20H19FN6O4S/c1-2-27-16-9-13(6-7-17(16)31-11-18(27)28)24-19-15(21)10-23-20(26-19)25-12-4-3-5-14(8-12)32(22,29)30/h3-10H,2,11H2,1H3,(H2,22,29,30)(H2,23,24,25,26). The van der Waals surface area contributed by atoms with Crippen molar-refractivity contribution < 1.29 is 22.3 Å². The molecule has 12 heteroatoms. The van der Waals surface area contributed by atoms with Gasteiger partial charge in [-0.05, 0) is 43.3 Å². The van der Waals surface area contributed by atoms with Crippen LogP contribution >= 0.6 is 0 Å². The fraction of sp³-hybridized carbons (Fsp3) is 0.150. The maximum atomic E-state index is 14.4. The Morgan fingerprint density at radius 1 is 1.19 bits per heavy atom. The number of amides is 1. The molecular formula is C20H19FN6O4S. The smallest absolute Gasteiger partial charge is 0.265 e. The molecule has 0 saturated heterocycles. The minimum absolute atomic E-state index is 0.0319. The van der Waals surface area contributed by atoms with Gasteiger partial charge in [0.25, 0.3) is 5.91 Å². The van der Waals surface area contributed by atoms with Gasteiger partial charge in [-0.1, -0.05) is 6.07 Å². The first-order valence-electron chi connectivity index (χ1n) is 9.51. The third kappa shape index (κ3) is 4.45. The Labute approximate surface area is 183 Å². The zero-order valence-electron chi connectivity index (χ0n) is 16.9. The monoisotopic (exact) mass is 458 g/mol. The number of anilines is 5. The van der Waals surface area contributed by atoms with E-state index in [-0.39, 0.29) is 29.2 Å². The molecule has 0 spiro atoms. The molecule has 10 nitrogen and oxygen atoms in total. The molecule has 4 rings (SSSR count). The summed E-state index contributed by atoms with van der Waals surface area (Å²) in [6.07, 6.45) is 0.977. The van der Waals surface area contributed by atoms with E-state index in [0.29, 0.717) is 29.4 Å². The van der Waals surface area contributed by atoms with Gasteiger partial charge < -0.3 is 20.3 Å². The molecule has 4 N–H and O–H groups in total. The van der Waals surface area contributed by atoms with Crippen LogP contribution in [0.5, 0.6) is 5.75 Å². The molecule has 0 aliphatic carbocycles. The van der Waals surface area contributed by atoms with Gasteiger partial charge in [-0.15, -0.1) is 0 Å². The number of nitrogens with one attached hydrogen (secondary N) is 2. The SMILES string of the molecule is CCN1C(=O)COc2ccc(Nc3nc(Nc4cccc(S(N)(=O)=O)c4)ncc3F)cc21. The minimum atomic E-state index is -3.88. The normalized spacial score (nSPS) is 13.3. The Bertz CT molecular complexity index is 1300. The van der Waals surface area contributed by atoms with E-state index in [1.165, 1.54) is 18.2 Å². The third-order valence-corrected chi connectivity index (χ3v) is 5.55. The van der Waals surface area contributed by atoms with Crippen molar-refractivity contribution in [1.29, 1.82) is 0 Å². The number of ether oxygens (including phenoxy) is 1. The summed E-state index contributed by atoms with van der Waals surface area (Å²) in [5.74, 6) is -0.398. The number of hydrogen-bond acceptors (Lipinski definition) is 8. The number of aromatic nitrogens is 2. The lowest BCUT2D eigenvalue weighted by molar-refractivity contribution is -0.121. The summed E-state index contributed by atoms with van der Waals surface area (Å²) in [6, 6.07) is 10.8. The maximum Gasteiger partial charge on any atom is 0.265 e. The number of rotatable bonds is 6. The summed E-state index contributed by atoms with van der Waals surface area (Å²) in [7, 11) is -3.88. The lowest BCUT2D eigenvalue weighted by atomic mass is 10.2. The van der Waals surface area contributed by atoms with Gasteiger partial charge in [0.05, 0.1) is 16.8 Å². The third-order valence-electron chi connectivity index (χ3n) is 4.64. The molecule has 0 atom stereocenters. The summed E-state index contributed by atoms with van der Waals surface area (Å²) in [6.45, 7) is 2.28. The maximum absolute atomic E-state index is 14.4. The van der Waals surface area contributed by atoms with E-state index in [0.717, 1.165) is 6.20 Å². The second-order valence-corrected chi connectivity index (χ2v) is 8.38. The molecule has 1 aliphatic heterocycles. The van der Waals surface area contributed by atoms with E-state index in [1.54, 1.807) is 29.2 Å². The summed E-state index contributed by atoms with van der Waals surface area (Å²) in [5, 5.41) is 10.8. The molecule has 2 heterocycles. The number of sulfonamides is 1. The number of nitrogens with zero attached hydrogens (tertiary/aromatic N) is 3. The highest BCUT2D eigenvalue weighted by atomic mass is 32.2. The number of primary sulfonamides is 1. The molecule has 32 heavy (non-hydrogen) atoms. The molecule has 2 aromatic carbocycles. The predicted molar refractivity (Wildman–Crippen MR) is 116 cm³/mol. The number of carbonyl (C=O) groups is 1. The Kier molecular flexibility index (Phi) is 5.63. The van der Waals surface area contributed by atoms with E-state index in [9.17, 15) is 17.6 Å². The number of benzene rings is 2. The Morgan fingerprint density at radius 3 is 2.72 bits per heavy atom. The lowest BCUT2D eigenvalue weighted by Crippen LogP contribution is -2.38. The molecule has 0 saturated carbocycles. The first kappa shape index (κ1) is 21.5. The summed E-state index contributed by atoms with van der Waals surface area (Å²) in [5.41, 5.74) is 1.42. The van der Waals surface area contributed by atoms with Crippen LogP contribution in [0.25, 0.3) is 0 Å². The average molecular weight is 458 g/mol. The van der Waals surface area contributed by atoms with Crippen molar-refractivity contribution in [2.24, 2.45) is 5.14 Å². The summed E-state index contributed by atoms with van der Waals surface area (Å²) >= 11 is 0. The van der Waals surface area contributed by atoms with Gasteiger partial charge in [-0.2, -0.15) is 4.98 Å². The minimum Gasteiger partial charge on any atom is -0.482 e. The summed E-state index contributed by atoms with van der Waals surface area (Å²) in [4.78, 5) is 21.6. The van der Waals surface area contributed by atoms with Crippen molar-refractivity contribution >= 4 is 44.8 Å². The van der Waals surface area contributed by atoms with Crippen LogP contribution in [0.1, 0.15) is 6.92 Å². The Balaban J connectivity index is 1.59. The number of nitrogens with two attached hydrogens (primary N) is 1. The molecule has 166 valence electrons. The topological polar surface area (TPSA) is 140 Å². The highest BCUT2D eigenvalue weighted by molar-refractivity contribution is 7.89. The summed E-state index contributed by atoms with van der Waals surface area (Å²) < 4.78 is 42.9. The largest absolute Gasteiger partial charge is 0.482 e. The number of hydrogen-bond donors (Lipinski definition) is 3. The van der Waals surface area contributed by atoms with Crippen LogP contribution in [0.4, 0.5) is 33.2 Å². The number of halogens is 1. The Hall–Kier alpha value is -3.77. The zero-order chi connectivity index (χ0) is 22.9. The van der Waals surface area contributed by atoms with Gasteiger partial charge in [-0.3, -0.25) is 4.79 Å². The molecule has 0 bridgehead atoms. The van der Waals surface area contributed by atoms with Crippen LogP contribution in [0.15, 0.2) is 53.6 Å². The fourth-order valence-corrected chi connectivity index (χ4v) is 3.72. The lowest BCUT2D eigenvalue weighted by Gasteiger charge is -2.28. The number of carbonyl (C=O) groups excluding carboxylic acids is 1. The van der Waals surface area contributed by atoms with Gasteiger partial charge in [0.1, 0.15) is 5.75 Å². The molecule has 0 fully saturated rings. The van der Waals surface area contributed by atoms with E-state index < -0.39 is 15.8 Å². The molecule has 0 unspecified atom stereocenters. The first-order chi connectivity index (χ1) is 15.2. The van der Waals surface area contributed by atoms with Gasteiger partial charge in [0.2, 0.25) is 16.0 Å². The van der Waals surface area contributed by atoms with Crippen LogP contribution in [0.3, 0.4) is 0 Å². The Morgan fingerprint density at radius 2 is 1.97 bits per heavy atom. The van der Waals surface area contributed by atoms with E-state index in [1.807, 2.05) is 6.92 Å². The van der Waals surface area contributed by atoms with Gasteiger partial charge in [0, 0.05) is 17.9 Å². The second kappa shape index (κ2) is 8.40. The molecule has 0 radical (unpaired) electrons. The van der Waals surface area contributed by atoms with Crippen molar-refractivity contribution in [2.75, 3.05) is 28.7 Å². The number of likely N-dealkylation sites (N-methyl/N-ethyl adjacent to an activating group) is 1. The predicted octanol–water partition coefficient (Wildman–Crippen LogP) is 2.50. The van der Waals surface area contributed by atoms with Gasteiger partial charge in [-0.25, -0.2) is 22.9 Å². The van der Waals surface area contributed by atoms with Crippen LogP contribution in [0.2, 0.25) is 0 Å². The highest BCUT2D eigenvalue weighted by Crippen LogP contribution is 2.35. The molecule has 1 amide bonds. The van der Waals surface area contributed by atoms with Gasteiger partial charge >= 0.3 is 0 Å². The van der Waals surface area contributed by atoms with E-state index in [4.69, 9.17) is 9.88 Å². The fourth-order valence-electron chi connectivity index (χ4n) is 3.16. The highest BCUT2D eigenvalue weighted by Gasteiger charge is 2.24. The molecular weight excluding hydrogens is 439 g/mol. The van der Waals surface area contributed by atoms with Crippen LogP contribution in [-0.4, -0.2) is 37.4 Å². The van der Waals surface area contributed by atoms with Crippen molar-refractivity contribution in [1.82, 2.24) is 9.97 Å². The van der Waals surface area contributed by atoms with Crippen LogP contribution < -0.4 is 25.4 Å². The second-order valence-electron chi connectivity index (χ2n) is 6.82. The van der Waals surface area contributed by atoms with Crippen molar-refractivity contribution in [3.8, 4) is 5.75 Å². The van der Waals surface area contributed by atoms with Crippen molar-refractivity contribution in [2.45, 2.75) is 11.8 Å². The quantitative estimate of drug-likeness (QED) is 0.512. The number of fused-ring (bicyclic) bond motifs is 1. The van der Waals surface area contributed by atoms with Gasteiger partial charge in [0.15, 0.2) is 18.2 Å². The molecule has 1 aliphatic rings. The first-order valence-corrected chi connectivity index (χ1v) is 11.1. The van der Waals surface area contributed by atoms with E-state index >= 15 is 0 Å².